The Labute approximate surface area is 125 Å². The minimum absolute atomic E-state index is 0.0687. The van der Waals surface area contributed by atoms with Gasteiger partial charge < -0.3 is 10.5 Å². The van der Waals surface area contributed by atoms with E-state index in [4.69, 9.17) is 10.5 Å². The maximum absolute atomic E-state index is 12.7. The second kappa shape index (κ2) is 5.05. The lowest BCUT2D eigenvalue weighted by atomic mass is 9.73. The van der Waals surface area contributed by atoms with Crippen molar-refractivity contribution in [1.82, 2.24) is 4.72 Å². The largest absolute Gasteiger partial charge is 0.376 e. The van der Waals surface area contributed by atoms with Crippen LogP contribution in [0, 0.1) is 26.7 Å². The van der Waals surface area contributed by atoms with Crippen LogP contribution in [0.3, 0.4) is 0 Å². The number of ether oxygens (including phenoxy) is 1. The Kier molecular flexibility index (Phi) is 3.60. The lowest BCUT2D eigenvalue weighted by Gasteiger charge is -2.45. The third kappa shape index (κ3) is 2.40. The van der Waals surface area contributed by atoms with E-state index in [0.717, 1.165) is 23.1 Å². The molecule has 0 radical (unpaired) electrons. The Bertz CT molecular complexity index is 648. The molecule has 0 amide bonds. The molecule has 21 heavy (non-hydrogen) atoms. The fourth-order valence-electron chi connectivity index (χ4n) is 3.72. The Morgan fingerprint density at radius 1 is 1.24 bits per heavy atom. The van der Waals surface area contributed by atoms with Crippen molar-refractivity contribution in [3.63, 3.8) is 0 Å². The number of hydrogen-bond acceptors (Lipinski definition) is 4. The molecule has 1 aromatic rings. The molecule has 1 aromatic carbocycles. The van der Waals surface area contributed by atoms with E-state index in [1.165, 1.54) is 0 Å². The van der Waals surface area contributed by atoms with Gasteiger partial charge in [-0.05, 0) is 38.3 Å². The first kappa shape index (κ1) is 15.0. The highest BCUT2D eigenvalue weighted by Crippen LogP contribution is 2.38. The number of rotatable bonds is 3. The van der Waals surface area contributed by atoms with Gasteiger partial charge in [-0.2, -0.15) is 0 Å². The van der Waals surface area contributed by atoms with Gasteiger partial charge in [0.25, 0.3) is 0 Å². The zero-order valence-electron chi connectivity index (χ0n) is 12.6. The minimum Gasteiger partial charge on any atom is -0.376 e. The fraction of sp³-hybridized carbons (Fsp3) is 0.600. The Morgan fingerprint density at radius 2 is 1.86 bits per heavy atom. The molecule has 2 fully saturated rings. The zero-order valence-corrected chi connectivity index (χ0v) is 13.4. The maximum Gasteiger partial charge on any atom is 0.241 e. The summed E-state index contributed by atoms with van der Waals surface area (Å²) in [4.78, 5) is 0.363. The molecule has 6 heteroatoms. The maximum atomic E-state index is 12.7. The molecule has 0 bridgehead atoms. The molecule has 0 aromatic heterocycles. The van der Waals surface area contributed by atoms with Gasteiger partial charge in [-0.1, -0.05) is 17.7 Å². The van der Waals surface area contributed by atoms with Crippen molar-refractivity contribution in [3.05, 3.63) is 28.8 Å². The highest BCUT2D eigenvalue weighted by atomic mass is 32.2. The van der Waals surface area contributed by atoms with Crippen LogP contribution in [0.4, 0.5) is 0 Å². The van der Waals surface area contributed by atoms with Crippen LogP contribution < -0.4 is 10.5 Å². The van der Waals surface area contributed by atoms with Crippen LogP contribution in [-0.2, 0) is 14.8 Å². The Balaban J connectivity index is 1.88. The quantitative estimate of drug-likeness (QED) is 0.873. The van der Waals surface area contributed by atoms with Gasteiger partial charge in [0.2, 0.25) is 10.0 Å². The third-order valence-electron chi connectivity index (χ3n) is 4.61. The van der Waals surface area contributed by atoms with Gasteiger partial charge in [0, 0.05) is 18.6 Å². The molecule has 3 N–H and O–H groups in total. The van der Waals surface area contributed by atoms with Gasteiger partial charge in [-0.15, -0.1) is 0 Å². The van der Waals surface area contributed by atoms with Gasteiger partial charge in [-0.3, -0.25) is 0 Å². The lowest BCUT2D eigenvalue weighted by Crippen LogP contribution is -2.68. The molecular weight excluding hydrogens is 288 g/mol. The number of nitrogens with one attached hydrogen (secondary N) is 1. The van der Waals surface area contributed by atoms with Crippen LogP contribution in [0.5, 0.6) is 0 Å². The summed E-state index contributed by atoms with van der Waals surface area (Å²) in [5, 5.41) is 0. The number of nitrogens with two attached hydrogens (primary N) is 1. The van der Waals surface area contributed by atoms with Gasteiger partial charge in [0.15, 0.2) is 0 Å². The van der Waals surface area contributed by atoms with E-state index in [0.29, 0.717) is 11.5 Å². The average Bonchev–Trinajstić information content (AvgIpc) is 2.79. The molecule has 1 aliphatic carbocycles. The molecule has 1 aliphatic heterocycles. The molecule has 2 aliphatic rings. The molecule has 4 unspecified atom stereocenters. The smallest absolute Gasteiger partial charge is 0.241 e. The van der Waals surface area contributed by atoms with Crippen LogP contribution in [0.25, 0.3) is 0 Å². The summed E-state index contributed by atoms with van der Waals surface area (Å²) in [5.41, 5.74) is 8.67. The summed E-state index contributed by atoms with van der Waals surface area (Å²) in [7, 11) is -3.58. The van der Waals surface area contributed by atoms with Crippen LogP contribution in [0.2, 0.25) is 0 Å². The van der Waals surface area contributed by atoms with Crippen molar-refractivity contribution in [2.24, 2.45) is 11.7 Å². The third-order valence-corrected chi connectivity index (χ3v) is 6.37. The second-order valence-electron chi connectivity index (χ2n) is 6.24. The minimum atomic E-state index is -3.58. The Morgan fingerprint density at radius 3 is 2.48 bits per heavy atom. The lowest BCUT2D eigenvalue weighted by molar-refractivity contribution is -0.00924. The monoisotopic (exact) mass is 310 g/mol. The molecule has 1 saturated heterocycles. The van der Waals surface area contributed by atoms with Gasteiger partial charge in [0.1, 0.15) is 0 Å². The summed E-state index contributed by atoms with van der Waals surface area (Å²) in [6, 6.07) is 3.30. The number of aryl methyl sites for hydroxylation is 3. The molecule has 5 nitrogen and oxygen atoms in total. The summed E-state index contributed by atoms with van der Waals surface area (Å²) in [6.07, 6.45) is 0.855. The normalized spacial score (nSPS) is 31.8. The van der Waals surface area contributed by atoms with Crippen molar-refractivity contribution in [3.8, 4) is 0 Å². The van der Waals surface area contributed by atoms with Crippen molar-refractivity contribution in [2.45, 2.75) is 50.3 Å². The molecule has 1 saturated carbocycles. The van der Waals surface area contributed by atoms with Gasteiger partial charge >= 0.3 is 0 Å². The number of sulfonamides is 1. The molecule has 3 rings (SSSR count). The summed E-state index contributed by atoms with van der Waals surface area (Å²) >= 11 is 0. The number of benzene rings is 1. The molecular formula is C15H22N2O3S. The van der Waals surface area contributed by atoms with E-state index in [2.05, 4.69) is 4.72 Å². The van der Waals surface area contributed by atoms with Crippen LogP contribution in [0.15, 0.2) is 17.0 Å². The van der Waals surface area contributed by atoms with Crippen molar-refractivity contribution in [1.29, 1.82) is 0 Å². The van der Waals surface area contributed by atoms with E-state index in [9.17, 15) is 8.42 Å². The number of hydrogen-bond donors (Lipinski definition) is 2. The van der Waals surface area contributed by atoms with Crippen molar-refractivity contribution >= 4 is 10.0 Å². The van der Waals surface area contributed by atoms with Gasteiger partial charge in [0.05, 0.1) is 17.0 Å². The van der Waals surface area contributed by atoms with E-state index in [-0.39, 0.29) is 24.1 Å². The second-order valence-corrected chi connectivity index (χ2v) is 7.89. The van der Waals surface area contributed by atoms with Crippen molar-refractivity contribution in [2.75, 3.05) is 6.61 Å². The number of fused-ring (bicyclic) bond motifs is 1. The molecule has 4 atom stereocenters. The van der Waals surface area contributed by atoms with Gasteiger partial charge in [-0.25, -0.2) is 13.1 Å². The predicted octanol–water partition coefficient (Wildman–Crippen LogP) is 1.00. The van der Waals surface area contributed by atoms with E-state index >= 15 is 0 Å². The molecule has 0 spiro atoms. The first-order valence-electron chi connectivity index (χ1n) is 7.28. The van der Waals surface area contributed by atoms with Crippen LogP contribution in [0.1, 0.15) is 23.1 Å². The van der Waals surface area contributed by atoms with E-state index in [1.807, 2.05) is 32.9 Å². The van der Waals surface area contributed by atoms with Crippen molar-refractivity contribution < 1.29 is 13.2 Å². The average molecular weight is 310 g/mol. The van der Waals surface area contributed by atoms with Crippen LogP contribution >= 0.6 is 0 Å². The summed E-state index contributed by atoms with van der Waals surface area (Å²) < 4.78 is 33.7. The summed E-state index contributed by atoms with van der Waals surface area (Å²) in [5.74, 6) is 0.290. The van der Waals surface area contributed by atoms with E-state index in [1.54, 1.807) is 0 Å². The van der Waals surface area contributed by atoms with Crippen LogP contribution in [-0.4, -0.2) is 33.2 Å². The first-order valence-corrected chi connectivity index (χ1v) is 8.77. The van der Waals surface area contributed by atoms with E-state index < -0.39 is 10.0 Å². The fourth-order valence-corrected chi connectivity index (χ4v) is 5.46. The topological polar surface area (TPSA) is 81.4 Å². The Hall–Kier alpha value is -0.950. The highest BCUT2D eigenvalue weighted by Gasteiger charge is 2.53. The summed E-state index contributed by atoms with van der Waals surface area (Å²) in [6.45, 7) is 6.28. The first-order chi connectivity index (χ1) is 9.81. The zero-order chi connectivity index (χ0) is 15.4. The predicted molar refractivity (Wildman–Crippen MR) is 80.6 cm³/mol. The SMILES string of the molecule is Cc1cc(C)c(S(=O)(=O)NC2C(N)C3CCOC32)c(C)c1. The standard InChI is InChI=1S/C15H22N2O3S/c1-8-6-9(2)15(10(3)7-8)21(18,19)17-13-12(16)11-4-5-20-14(11)13/h6-7,11-14,17H,4-5,16H2,1-3H3. The molecule has 116 valence electrons. The highest BCUT2D eigenvalue weighted by molar-refractivity contribution is 7.89. The molecule has 1 heterocycles.